The molecule has 0 spiro atoms. The lowest BCUT2D eigenvalue weighted by Gasteiger charge is -2.11. The number of aliphatic imine (C=N–C) groups is 1. The number of rotatable bonds is 4. The van der Waals surface area contributed by atoms with Crippen molar-refractivity contribution in [2.75, 3.05) is 18.5 Å². The Labute approximate surface area is 118 Å². The van der Waals surface area contributed by atoms with Crippen molar-refractivity contribution < 1.29 is 4.74 Å². The smallest absolute Gasteiger partial charge is 0.210 e. The maximum absolute atomic E-state index is 5.48. The number of benzene rings is 2. The molecule has 1 heterocycles. The fraction of sp³-hybridized carbons (Fsp3) is 0.118. The van der Waals surface area contributed by atoms with Gasteiger partial charge in [0.25, 0.3) is 0 Å². The largest absolute Gasteiger partial charge is 0.476 e. The van der Waals surface area contributed by atoms with Gasteiger partial charge in [0.15, 0.2) is 0 Å². The zero-order valence-corrected chi connectivity index (χ0v) is 11.1. The first-order chi connectivity index (χ1) is 9.92. The molecule has 2 aromatic rings. The molecular formula is C17H16N2O. The Morgan fingerprint density at radius 2 is 1.70 bits per heavy atom. The summed E-state index contributed by atoms with van der Waals surface area (Å²) in [6.07, 6.45) is 1.95. The molecule has 0 atom stereocenters. The predicted octanol–water partition coefficient (Wildman–Crippen LogP) is 3.57. The molecule has 0 saturated heterocycles. The van der Waals surface area contributed by atoms with Crippen LogP contribution in [-0.2, 0) is 4.74 Å². The Hall–Kier alpha value is -2.55. The first-order valence-corrected chi connectivity index (χ1v) is 6.68. The average Bonchev–Trinajstić information content (AvgIpc) is 3.02. The van der Waals surface area contributed by atoms with E-state index in [9.17, 15) is 0 Å². The first-order valence-electron chi connectivity index (χ1n) is 6.68. The quantitative estimate of drug-likeness (QED) is 0.916. The van der Waals surface area contributed by atoms with Crippen LogP contribution in [0.25, 0.3) is 5.70 Å². The van der Waals surface area contributed by atoms with Crippen LogP contribution in [0.15, 0.2) is 71.7 Å². The van der Waals surface area contributed by atoms with E-state index < -0.39 is 0 Å². The summed E-state index contributed by atoms with van der Waals surface area (Å²) in [6, 6.07) is 20.3. The second kappa shape index (κ2) is 6.06. The second-order valence-corrected chi connectivity index (χ2v) is 4.48. The molecule has 20 heavy (non-hydrogen) atoms. The van der Waals surface area contributed by atoms with Crippen molar-refractivity contribution >= 4 is 17.3 Å². The summed E-state index contributed by atoms with van der Waals surface area (Å²) >= 11 is 0. The average molecular weight is 264 g/mol. The zero-order valence-electron chi connectivity index (χ0n) is 11.1. The third kappa shape index (κ3) is 3.06. The van der Waals surface area contributed by atoms with Crippen LogP contribution in [0.4, 0.5) is 5.69 Å². The molecule has 0 aliphatic carbocycles. The van der Waals surface area contributed by atoms with E-state index >= 15 is 0 Å². The standard InChI is InChI=1S/C17H16N2O/c1-3-7-14(8-4-1)16(13-17-18-11-12-20-17)19-15-9-5-2-6-10-15/h1-10,13,19H,11-12H2. The van der Waals surface area contributed by atoms with Gasteiger partial charge in [0.1, 0.15) is 6.61 Å². The van der Waals surface area contributed by atoms with Crippen LogP contribution >= 0.6 is 0 Å². The van der Waals surface area contributed by atoms with Gasteiger partial charge in [-0.1, -0.05) is 48.5 Å². The fourth-order valence-corrected chi connectivity index (χ4v) is 2.05. The summed E-state index contributed by atoms with van der Waals surface area (Å²) in [6.45, 7) is 1.40. The van der Waals surface area contributed by atoms with Gasteiger partial charge in [-0.3, -0.25) is 0 Å². The van der Waals surface area contributed by atoms with Crippen LogP contribution in [0.3, 0.4) is 0 Å². The molecule has 100 valence electrons. The van der Waals surface area contributed by atoms with Crippen molar-refractivity contribution in [3.63, 3.8) is 0 Å². The number of anilines is 1. The van der Waals surface area contributed by atoms with Gasteiger partial charge in [-0.25, -0.2) is 4.99 Å². The normalized spacial score (nSPS) is 14.6. The molecule has 0 amide bonds. The van der Waals surface area contributed by atoms with Gasteiger partial charge in [-0.2, -0.15) is 0 Å². The second-order valence-electron chi connectivity index (χ2n) is 4.48. The fourth-order valence-electron chi connectivity index (χ4n) is 2.05. The Bertz CT molecular complexity index is 618. The molecular weight excluding hydrogens is 248 g/mol. The van der Waals surface area contributed by atoms with Crippen LogP contribution in [0.2, 0.25) is 0 Å². The monoisotopic (exact) mass is 264 g/mol. The zero-order chi connectivity index (χ0) is 13.6. The number of ether oxygens (including phenoxy) is 1. The lowest BCUT2D eigenvalue weighted by atomic mass is 10.1. The minimum absolute atomic E-state index is 0.666. The molecule has 3 rings (SSSR count). The summed E-state index contributed by atoms with van der Waals surface area (Å²) in [5.41, 5.74) is 3.13. The third-order valence-corrected chi connectivity index (χ3v) is 3.01. The minimum atomic E-state index is 0.666. The van der Waals surface area contributed by atoms with E-state index in [-0.39, 0.29) is 0 Å². The maximum Gasteiger partial charge on any atom is 0.210 e. The van der Waals surface area contributed by atoms with Gasteiger partial charge in [-0.05, 0) is 17.7 Å². The summed E-state index contributed by atoms with van der Waals surface area (Å²) in [5, 5.41) is 3.42. The number of hydrogen-bond acceptors (Lipinski definition) is 3. The highest BCUT2D eigenvalue weighted by molar-refractivity contribution is 5.98. The maximum atomic E-state index is 5.48. The van der Waals surface area contributed by atoms with Crippen molar-refractivity contribution in [1.29, 1.82) is 0 Å². The SMILES string of the molecule is C(=C(Nc1ccccc1)c1ccccc1)C1=NCCO1. The van der Waals surface area contributed by atoms with Crippen LogP contribution in [0, 0.1) is 0 Å². The lowest BCUT2D eigenvalue weighted by molar-refractivity contribution is 0.350. The van der Waals surface area contributed by atoms with Crippen molar-refractivity contribution in [2.45, 2.75) is 0 Å². The van der Waals surface area contributed by atoms with Crippen LogP contribution < -0.4 is 5.32 Å². The summed E-state index contributed by atoms with van der Waals surface area (Å²) < 4.78 is 5.48. The van der Waals surface area contributed by atoms with Gasteiger partial charge >= 0.3 is 0 Å². The highest BCUT2D eigenvalue weighted by Gasteiger charge is 2.08. The Balaban J connectivity index is 1.91. The minimum Gasteiger partial charge on any atom is -0.476 e. The van der Waals surface area contributed by atoms with Crippen molar-refractivity contribution in [3.8, 4) is 0 Å². The molecule has 1 N–H and O–H groups in total. The number of nitrogens with zero attached hydrogens (tertiary/aromatic N) is 1. The lowest BCUT2D eigenvalue weighted by Crippen LogP contribution is -2.03. The Kier molecular flexibility index (Phi) is 3.78. The first kappa shape index (κ1) is 12.5. The molecule has 0 unspecified atom stereocenters. The number of para-hydroxylation sites is 1. The number of nitrogens with one attached hydrogen (secondary N) is 1. The molecule has 0 fully saturated rings. The van der Waals surface area contributed by atoms with E-state index in [0.29, 0.717) is 12.5 Å². The van der Waals surface area contributed by atoms with E-state index in [1.165, 1.54) is 0 Å². The Morgan fingerprint density at radius 1 is 1.00 bits per heavy atom. The van der Waals surface area contributed by atoms with E-state index in [1.807, 2.05) is 54.6 Å². The number of hydrogen-bond donors (Lipinski definition) is 1. The highest BCUT2D eigenvalue weighted by Crippen LogP contribution is 2.19. The predicted molar refractivity (Wildman–Crippen MR) is 82.7 cm³/mol. The van der Waals surface area contributed by atoms with Crippen LogP contribution in [-0.4, -0.2) is 19.0 Å². The third-order valence-electron chi connectivity index (χ3n) is 3.01. The summed E-state index contributed by atoms with van der Waals surface area (Å²) in [4.78, 5) is 4.32. The van der Waals surface area contributed by atoms with Crippen molar-refractivity contribution in [2.24, 2.45) is 4.99 Å². The van der Waals surface area contributed by atoms with Gasteiger partial charge in [0.05, 0.1) is 12.2 Å². The molecule has 3 heteroatoms. The molecule has 2 aromatic carbocycles. The van der Waals surface area contributed by atoms with Gasteiger partial charge in [0, 0.05) is 11.8 Å². The van der Waals surface area contributed by atoms with E-state index in [4.69, 9.17) is 4.74 Å². The van der Waals surface area contributed by atoms with E-state index in [1.54, 1.807) is 0 Å². The summed E-state index contributed by atoms with van der Waals surface area (Å²) in [5.74, 6) is 0.687. The van der Waals surface area contributed by atoms with Gasteiger partial charge < -0.3 is 10.1 Å². The molecule has 0 saturated carbocycles. The summed E-state index contributed by atoms with van der Waals surface area (Å²) in [7, 11) is 0. The highest BCUT2D eigenvalue weighted by atomic mass is 16.5. The van der Waals surface area contributed by atoms with E-state index in [0.717, 1.165) is 23.5 Å². The molecule has 0 bridgehead atoms. The Morgan fingerprint density at radius 3 is 2.35 bits per heavy atom. The van der Waals surface area contributed by atoms with Gasteiger partial charge in [0.2, 0.25) is 5.90 Å². The van der Waals surface area contributed by atoms with Crippen LogP contribution in [0.1, 0.15) is 5.56 Å². The van der Waals surface area contributed by atoms with E-state index in [2.05, 4.69) is 22.4 Å². The van der Waals surface area contributed by atoms with Crippen molar-refractivity contribution in [3.05, 3.63) is 72.3 Å². The van der Waals surface area contributed by atoms with Gasteiger partial charge in [-0.15, -0.1) is 0 Å². The molecule has 0 radical (unpaired) electrons. The topological polar surface area (TPSA) is 33.6 Å². The molecule has 1 aliphatic rings. The molecule has 0 aromatic heterocycles. The van der Waals surface area contributed by atoms with Crippen LogP contribution in [0.5, 0.6) is 0 Å². The molecule has 3 nitrogen and oxygen atoms in total. The molecule has 1 aliphatic heterocycles. The van der Waals surface area contributed by atoms with Crippen molar-refractivity contribution in [1.82, 2.24) is 0 Å².